The highest BCUT2D eigenvalue weighted by Gasteiger charge is 2.21. The van der Waals surface area contributed by atoms with Crippen LogP contribution in [-0.2, 0) is 17.1 Å². The summed E-state index contributed by atoms with van der Waals surface area (Å²) < 4.78 is 42.9. The molecule has 1 saturated heterocycles. The Morgan fingerprint density at radius 2 is 2.11 bits per heavy atom. The minimum atomic E-state index is -4.03. The molecule has 0 amide bonds. The average Bonchev–Trinajstić information content (AvgIpc) is 3.22. The second kappa shape index (κ2) is 11.3. The lowest BCUT2D eigenvalue weighted by Crippen LogP contribution is -2.39. The first-order valence-electron chi connectivity index (χ1n) is 11.4. The number of β-amino-alcohol motifs (C(OH)–C–C–N with tert-alkyl or cyclic N) is 1. The van der Waals surface area contributed by atoms with E-state index in [1.807, 2.05) is 6.08 Å². The van der Waals surface area contributed by atoms with Crippen LogP contribution < -0.4 is 10.0 Å². The summed E-state index contributed by atoms with van der Waals surface area (Å²) in [5, 5.41) is 17.6. The maximum Gasteiger partial charge on any atom is 0.261 e. The van der Waals surface area contributed by atoms with Crippen molar-refractivity contribution in [1.29, 1.82) is 0 Å². The zero-order valence-electron chi connectivity index (χ0n) is 19.9. The number of allylic oxidation sites excluding steroid dienone is 2. The summed E-state index contributed by atoms with van der Waals surface area (Å²) >= 11 is 6.18. The van der Waals surface area contributed by atoms with E-state index in [-0.39, 0.29) is 21.7 Å². The fourth-order valence-corrected chi connectivity index (χ4v) is 5.06. The van der Waals surface area contributed by atoms with Crippen molar-refractivity contribution < 1.29 is 17.9 Å². The number of sulfonamides is 1. The summed E-state index contributed by atoms with van der Waals surface area (Å²) in [6, 6.07) is 5.97. The largest absolute Gasteiger partial charge is 0.391 e. The van der Waals surface area contributed by atoms with Crippen LogP contribution >= 0.6 is 11.6 Å². The SMILES string of the molecule is C=C/C(=C\c1c(C#CC2CCNCC2O)cnn1C)c1cnc(Cl)c(NS(=O)(=O)c2ccc(F)cc2)c1. The quantitative estimate of drug-likeness (QED) is 0.250. The first-order valence-corrected chi connectivity index (χ1v) is 13.2. The Bertz CT molecular complexity index is 1510. The molecule has 192 valence electrons. The third-order valence-corrected chi connectivity index (χ3v) is 7.56. The van der Waals surface area contributed by atoms with Gasteiger partial charge in [0, 0.05) is 31.3 Å². The molecule has 0 saturated carbocycles. The number of benzene rings is 1. The van der Waals surface area contributed by atoms with E-state index in [0.29, 0.717) is 28.9 Å². The first kappa shape index (κ1) is 26.6. The summed E-state index contributed by atoms with van der Waals surface area (Å²) in [4.78, 5) is 4.01. The Labute approximate surface area is 219 Å². The third-order valence-electron chi connectivity index (χ3n) is 5.88. The maximum absolute atomic E-state index is 13.2. The monoisotopic (exact) mass is 541 g/mol. The molecule has 2 aromatic heterocycles. The Hall–Kier alpha value is -3.49. The predicted molar refractivity (Wildman–Crippen MR) is 142 cm³/mol. The van der Waals surface area contributed by atoms with E-state index in [9.17, 15) is 17.9 Å². The van der Waals surface area contributed by atoms with Gasteiger partial charge in [0.2, 0.25) is 0 Å². The molecule has 8 nitrogen and oxygen atoms in total. The molecule has 0 radical (unpaired) electrons. The molecule has 0 spiro atoms. The van der Waals surface area contributed by atoms with Gasteiger partial charge in [0.05, 0.1) is 34.1 Å². The zero-order valence-corrected chi connectivity index (χ0v) is 21.5. The second-order valence-electron chi connectivity index (χ2n) is 8.43. The molecule has 2 atom stereocenters. The van der Waals surface area contributed by atoms with Crippen LogP contribution in [0.5, 0.6) is 0 Å². The molecular formula is C26H25ClFN5O3S. The van der Waals surface area contributed by atoms with Crippen molar-refractivity contribution in [3.63, 3.8) is 0 Å². The van der Waals surface area contributed by atoms with Gasteiger partial charge in [0.15, 0.2) is 5.15 Å². The smallest absolute Gasteiger partial charge is 0.261 e. The van der Waals surface area contributed by atoms with Crippen molar-refractivity contribution in [3.05, 3.63) is 83.2 Å². The van der Waals surface area contributed by atoms with E-state index in [1.165, 1.54) is 12.3 Å². The van der Waals surface area contributed by atoms with E-state index in [1.54, 1.807) is 24.0 Å². The maximum atomic E-state index is 13.2. The number of aromatic nitrogens is 3. The van der Waals surface area contributed by atoms with E-state index in [4.69, 9.17) is 11.6 Å². The van der Waals surface area contributed by atoms with Gasteiger partial charge < -0.3 is 10.4 Å². The number of hydrogen-bond acceptors (Lipinski definition) is 6. The van der Waals surface area contributed by atoms with Gasteiger partial charge in [0.25, 0.3) is 10.0 Å². The molecule has 11 heteroatoms. The molecule has 0 bridgehead atoms. The first-order chi connectivity index (χ1) is 17.7. The summed E-state index contributed by atoms with van der Waals surface area (Å²) in [6.45, 7) is 5.19. The van der Waals surface area contributed by atoms with Crippen LogP contribution in [0.25, 0.3) is 11.6 Å². The van der Waals surface area contributed by atoms with Gasteiger partial charge in [-0.1, -0.05) is 36.1 Å². The lowest BCUT2D eigenvalue weighted by atomic mass is 9.95. The third kappa shape index (κ3) is 6.26. The highest BCUT2D eigenvalue weighted by Crippen LogP contribution is 2.28. The number of pyridine rings is 1. The van der Waals surface area contributed by atoms with Crippen LogP contribution in [0.4, 0.5) is 10.1 Å². The van der Waals surface area contributed by atoms with Gasteiger partial charge in [-0.05, 0) is 54.9 Å². The molecule has 1 aliphatic heterocycles. The number of halogens is 2. The van der Waals surface area contributed by atoms with Crippen molar-refractivity contribution in [3.8, 4) is 11.8 Å². The minimum absolute atomic E-state index is 0.0505. The molecule has 3 N–H and O–H groups in total. The molecule has 2 unspecified atom stereocenters. The highest BCUT2D eigenvalue weighted by atomic mass is 35.5. The molecule has 1 aliphatic rings. The van der Waals surface area contributed by atoms with Gasteiger partial charge in [-0.15, -0.1) is 0 Å². The van der Waals surface area contributed by atoms with Crippen LogP contribution in [0.15, 0.2) is 60.3 Å². The van der Waals surface area contributed by atoms with Crippen LogP contribution in [0, 0.1) is 23.6 Å². The van der Waals surface area contributed by atoms with Crippen LogP contribution in [-0.4, -0.2) is 47.5 Å². The molecule has 3 aromatic rings. The molecular weight excluding hydrogens is 517 g/mol. The normalized spacial score (nSPS) is 18.1. The number of nitrogens with one attached hydrogen (secondary N) is 2. The predicted octanol–water partition coefficient (Wildman–Crippen LogP) is 3.46. The lowest BCUT2D eigenvalue weighted by Gasteiger charge is -2.23. The summed E-state index contributed by atoms with van der Waals surface area (Å²) in [7, 11) is -2.25. The number of nitrogens with zero attached hydrogens (tertiary/aromatic N) is 3. The number of rotatable bonds is 6. The number of piperidine rings is 1. The number of aliphatic hydroxyl groups excluding tert-OH is 1. The molecule has 37 heavy (non-hydrogen) atoms. The highest BCUT2D eigenvalue weighted by molar-refractivity contribution is 7.92. The van der Waals surface area contributed by atoms with Gasteiger partial charge in [-0.2, -0.15) is 5.10 Å². The molecule has 3 heterocycles. The van der Waals surface area contributed by atoms with Crippen molar-refractivity contribution in [2.24, 2.45) is 13.0 Å². The van der Waals surface area contributed by atoms with E-state index in [2.05, 4.69) is 38.5 Å². The van der Waals surface area contributed by atoms with Crippen molar-refractivity contribution in [2.45, 2.75) is 17.4 Å². The molecule has 1 fully saturated rings. The van der Waals surface area contributed by atoms with E-state index < -0.39 is 21.9 Å². The van der Waals surface area contributed by atoms with Crippen LogP contribution in [0.3, 0.4) is 0 Å². The number of hydrogen-bond donors (Lipinski definition) is 3. The number of aliphatic hydroxyl groups is 1. The van der Waals surface area contributed by atoms with E-state index in [0.717, 1.165) is 37.2 Å². The van der Waals surface area contributed by atoms with E-state index >= 15 is 0 Å². The fourth-order valence-electron chi connectivity index (χ4n) is 3.80. The Kier molecular flexibility index (Phi) is 8.10. The molecule has 4 rings (SSSR count). The molecule has 0 aliphatic carbocycles. The van der Waals surface area contributed by atoms with Gasteiger partial charge in [-0.3, -0.25) is 9.40 Å². The van der Waals surface area contributed by atoms with Crippen molar-refractivity contribution in [1.82, 2.24) is 20.1 Å². The van der Waals surface area contributed by atoms with Crippen LogP contribution in [0.2, 0.25) is 5.15 Å². The Morgan fingerprint density at radius 1 is 1.35 bits per heavy atom. The van der Waals surface area contributed by atoms with Crippen LogP contribution in [0.1, 0.15) is 23.2 Å². The lowest BCUT2D eigenvalue weighted by molar-refractivity contribution is 0.109. The minimum Gasteiger partial charge on any atom is -0.391 e. The molecule has 1 aromatic carbocycles. The topological polar surface area (TPSA) is 109 Å². The standard InChI is InChI=1S/C26H25ClFN5O3S/c1-3-17(13-24-19(15-31-33(24)2)5-4-18-10-11-29-16-25(18)34)20-12-23(26(27)30-14-20)32-37(35,36)22-8-6-21(28)7-9-22/h3,6-9,12-15,18,25,29,32,34H,1,10-11,16H2,2H3/b17-13+. The summed E-state index contributed by atoms with van der Waals surface area (Å²) in [5.74, 6) is 5.61. The Morgan fingerprint density at radius 3 is 2.81 bits per heavy atom. The van der Waals surface area contributed by atoms with Crippen molar-refractivity contribution >= 4 is 39.0 Å². The summed E-state index contributed by atoms with van der Waals surface area (Å²) in [5.41, 5.74) is 2.60. The number of aryl methyl sites for hydroxylation is 1. The number of anilines is 1. The van der Waals surface area contributed by atoms with Gasteiger partial charge in [0.1, 0.15) is 5.82 Å². The van der Waals surface area contributed by atoms with Gasteiger partial charge in [-0.25, -0.2) is 17.8 Å². The average molecular weight is 542 g/mol. The van der Waals surface area contributed by atoms with Gasteiger partial charge >= 0.3 is 0 Å². The summed E-state index contributed by atoms with van der Waals surface area (Å²) in [6.07, 6.45) is 6.78. The fraction of sp³-hybridized carbons (Fsp3) is 0.231. The Balaban J connectivity index is 1.65. The zero-order chi connectivity index (χ0) is 26.6. The van der Waals surface area contributed by atoms with Crippen molar-refractivity contribution in [2.75, 3.05) is 17.8 Å². The second-order valence-corrected chi connectivity index (χ2v) is 10.5.